The third kappa shape index (κ3) is 3.22. The Bertz CT molecular complexity index is 524. The molecule has 0 bridgehead atoms. The van der Waals surface area contributed by atoms with Crippen LogP contribution in [-0.2, 0) is 14.8 Å². The molecule has 0 atom stereocenters. The van der Waals surface area contributed by atoms with Gasteiger partial charge in [0.15, 0.2) is 0 Å². The lowest BCUT2D eigenvalue weighted by atomic mass is 9.74. The summed E-state index contributed by atoms with van der Waals surface area (Å²) in [4.78, 5) is 14.3. The molecule has 0 aromatic rings. The van der Waals surface area contributed by atoms with E-state index in [0.29, 0.717) is 39.0 Å². The highest BCUT2D eigenvalue weighted by Gasteiger charge is 2.43. The van der Waals surface area contributed by atoms with Gasteiger partial charge in [0.05, 0.1) is 11.8 Å². The number of hydrogen-bond acceptors (Lipinski definition) is 4. The monoisotopic (exact) mass is 313 g/mol. The summed E-state index contributed by atoms with van der Waals surface area (Å²) in [5.41, 5.74) is -0.871. The second-order valence-electron chi connectivity index (χ2n) is 5.85. The molecule has 0 aromatic carbocycles. The highest BCUT2D eigenvalue weighted by atomic mass is 32.2. The van der Waals surface area contributed by atoms with E-state index in [4.69, 9.17) is 0 Å². The van der Waals surface area contributed by atoms with E-state index in [1.54, 1.807) is 11.8 Å². The van der Waals surface area contributed by atoms with Crippen molar-refractivity contribution in [1.82, 2.24) is 9.21 Å². The zero-order chi connectivity index (χ0) is 15.5. The third-order valence-electron chi connectivity index (χ3n) is 4.61. The van der Waals surface area contributed by atoms with Crippen LogP contribution >= 0.6 is 0 Å². The molecule has 1 saturated carbocycles. The topological polar surface area (TPSA) is 81.5 Å². The molecule has 0 aromatic heterocycles. The lowest BCUT2D eigenvalue weighted by Crippen LogP contribution is -2.54. The summed E-state index contributed by atoms with van der Waals surface area (Å²) in [6.45, 7) is 3.08. The van der Waals surface area contributed by atoms with Gasteiger partial charge in [0.1, 0.15) is 5.41 Å². The molecule has 0 radical (unpaired) electrons. The van der Waals surface area contributed by atoms with Crippen LogP contribution in [0.15, 0.2) is 0 Å². The normalized spacial score (nSPS) is 23.5. The van der Waals surface area contributed by atoms with Crippen LogP contribution in [0, 0.1) is 16.7 Å². The van der Waals surface area contributed by atoms with Gasteiger partial charge >= 0.3 is 0 Å². The number of piperazine rings is 1. The highest BCUT2D eigenvalue weighted by Crippen LogP contribution is 2.37. The van der Waals surface area contributed by atoms with E-state index in [1.165, 1.54) is 4.31 Å². The Morgan fingerprint density at radius 2 is 1.71 bits per heavy atom. The maximum atomic E-state index is 12.7. The van der Waals surface area contributed by atoms with E-state index in [1.807, 2.05) is 0 Å². The van der Waals surface area contributed by atoms with E-state index in [2.05, 4.69) is 6.07 Å². The SMILES string of the molecule is CCS(=O)(=O)N1CCN(C(=O)C2(C#N)CCCCC2)CC1. The minimum atomic E-state index is -3.19. The predicted molar refractivity (Wildman–Crippen MR) is 78.7 cm³/mol. The number of sulfonamides is 1. The molecule has 0 unspecified atom stereocenters. The van der Waals surface area contributed by atoms with Gasteiger partial charge in [-0.1, -0.05) is 19.3 Å². The largest absolute Gasteiger partial charge is 0.339 e. The van der Waals surface area contributed by atoms with Crippen molar-refractivity contribution in [3.05, 3.63) is 0 Å². The summed E-state index contributed by atoms with van der Waals surface area (Å²) in [5.74, 6) is -0.0125. The molecule has 118 valence electrons. The van der Waals surface area contributed by atoms with Gasteiger partial charge in [-0.05, 0) is 19.8 Å². The fourth-order valence-corrected chi connectivity index (χ4v) is 4.27. The van der Waals surface area contributed by atoms with Crippen molar-refractivity contribution in [2.24, 2.45) is 5.41 Å². The summed E-state index contributed by atoms with van der Waals surface area (Å²) in [7, 11) is -3.19. The van der Waals surface area contributed by atoms with E-state index >= 15 is 0 Å². The first kappa shape index (κ1) is 16.2. The number of nitrogens with zero attached hydrogens (tertiary/aromatic N) is 3. The van der Waals surface area contributed by atoms with Crippen LogP contribution in [0.2, 0.25) is 0 Å². The van der Waals surface area contributed by atoms with Crippen molar-refractivity contribution in [3.8, 4) is 6.07 Å². The molecular formula is C14H23N3O3S. The minimum Gasteiger partial charge on any atom is -0.339 e. The lowest BCUT2D eigenvalue weighted by Gasteiger charge is -2.39. The number of hydrogen-bond donors (Lipinski definition) is 0. The summed E-state index contributed by atoms with van der Waals surface area (Å²) in [6, 6.07) is 2.24. The van der Waals surface area contributed by atoms with Gasteiger partial charge in [0.25, 0.3) is 0 Å². The van der Waals surface area contributed by atoms with Crippen LogP contribution in [0.25, 0.3) is 0 Å². The van der Waals surface area contributed by atoms with Crippen LogP contribution in [0.1, 0.15) is 39.0 Å². The van der Waals surface area contributed by atoms with Gasteiger partial charge in [0.2, 0.25) is 15.9 Å². The van der Waals surface area contributed by atoms with Gasteiger partial charge in [-0.2, -0.15) is 9.57 Å². The second kappa shape index (κ2) is 6.32. The Morgan fingerprint density at radius 1 is 1.14 bits per heavy atom. The van der Waals surface area contributed by atoms with Crippen molar-refractivity contribution in [3.63, 3.8) is 0 Å². The molecule has 2 fully saturated rings. The van der Waals surface area contributed by atoms with Crippen LogP contribution < -0.4 is 0 Å². The summed E-state index contributed by atoms with van der Waals surface area (Å²) in [5, 5.41) is 9.46. The summed E-state index contributed by atoms with van der Waals surface area (Å²) >= 11 is 0. The Kier molecular flexibility index (Phi) is 4.89. The first-order valence-corrected chi connectivity index (χ1v) is 9.24. The molecule has 1 amide bonds. The number of carbonyl (C=O) groups excluding carboxylic acids is 1. The van der Waals surface area contributed by atoms with Crippen LogP contribution in [-0.4, -0.2) is 55.5 Å². The van der Waals surface area contributed by atoms with E-state index in [0.717, 1.165) is 19.3 Å². The van der Waals surface area contributed by atoms with E-state index < -0.39 is 15.4 Å². The van der Waals surface area contributed by atoms with Gasteiger partial charge in [-0.3, -0.25) is 4.79 Å². The first-order valence-electron chi connectivity index (χ1n) is 7.64. The number of nitriles is 1. The predicted octanol–water partition coefficient (Wildman–Crippen LogP) is 0.954. The van der Waals surface area contributed by atoms with Gasteiger partial charge < -0.3 is 4.90 Å². The molecule has 1 heterocycles. The fourth-order valence-electron chi connectivity index (χ4n) is 3.18. The molecule has 1 saturated heterocycles. The smallest absolute Gasteiger partial charge is 0.243 e. The molecule has 21 heavy (non-hydrogen) atoms. The standard InChI is InChI=1S/C14H23N3O3S/c1-2-21(19,20)17-10-8-16(9-11-17)13(18)14(12-15)6-4-3-5-7-14/h2-11H2,1H3. The fraction of sp³-hybridized carbons (Fsp3) is 0.857. The molecule has 0 spiro atoms. The average Bonchev–Trinajstić information content (AvgIpc) is 2.55. The highest BCUT2D eigenvalue weighted by molar-refractivity contribution is 7.89. The Hall–Kier alpha value is -1.13. The number of amides is 1. The number of carbonyl (C=O) groups is 1. The zero-order valence-corrected chi connectivity index (χ0v) is 13.4. The average molecular weight is 313 g/mol. The molecule has 1 aliphatic carbocycles. The van der Waals surface area contributed by atoms with Gasteiger partial charge in [-0.15, -0.1) is 0 Å². The molecule has 6 nitrogen and oxygen atoms in total. The van der Waals surface area contributed by atoms with Crippen LogP contribution in [0.4, 0.5) is 0 Å². The number of rotatable bonds is 3. The molecule has 0 N–H and O–H groups in total. The molecule has 2 aliphatic rings. The quantitative estimate of drug-likeness (QED) is 0.777. The third-order valence-corrected chi connectivity index (χ3v) is 6.50. The summed E-state index contributed by atoms with van der Waals surface area (Å²) in [6.07, 6.45) is 4.19. The minimum absolute atomic E-state index is 0.0864. The molecular weight excluding hydrogens is 290 g/mol. The maximum absolute atomic E-state index is 12.7. The summed E-state index contributed by atoms with van der Waals surface area (Å²) < 4.78 is 25.1. The maximum Gasteiger partial charge on any atom is 0.243 e. The van der Waals surface area contributed by atoms with Crippen LogP contribution in [0.3, 0.4) is 0 Å². The van der Waals surface area contributed by atoms with Crippen molar-refractivity contribution < 1.29 is 13.2 Å². The van der Waals surface area contributed by atoms with E-state index in [-0.39, 0.29) is 11.7 Å². The Balaban J connectivity index is 2.02. The zero-order valence-electron chi connectivity index (χ0n) is 12.5. The second-order valence-corrected chi connectivity index (χ2v) is 8.10. The molecule has 1 aliphatic heterocycles. The van der Waals surface area contributed by atoms with Crippen molar-refractivity contribution in [2.75, 3.05) is 31.9 Å². The van der Waals surface area contributed by atoms with Gasteiger partial charge in [-0.25, -0.2) is 8.42 Å². The molecule has 7 heteroatoms. The van der Waals surface area contributed by atoms with Crippen molar-refractivity contribution in [1.29, 1.82) is 5.26 Å². The van der Waals surface area contributed by atoms with Crippen LogP contribution in [0.5, 0.6) is 0 Å². The van der Waals surface area contributed by atoms with Gasteiger partial charge in [0, 0.05) is 26.2 Å². The Labute approximate surface area is 126 Å². The first-order chi connectivity index (χ1) is 9.95. The van der Waals surface area contributed by atoms with Crippen molar-refractivity contribution in [2.45, 2.75) is 39.0 Å². The van der Waals surface area contributed by atoms with Crippen molar-refractivity contribution >= 4 is 15.9 Å². The lowest BCUT2D eigenvalue weighted by molar-refractivity contribution is -0.141. The Morgan fingerprint density at radius 3 is 2.19 bits per heavy atom. The molecule has 2 rings (SSSR count). The van der Waals surface area contributed by atoms with E-state index in [9.17, 15) is 18.5 Å².